The third-order valence-corrected chi connectivity index (χ3v) is 7.06. The van der Waals surface area contributed by atoms with Crippen LogP contribution in [-0.2, 0) is 14.4 Å². The standard InChI is InChI=1S/C21H26FN5O4S/c22-14-4-1-3-13(9-14)20(30)26-7-8-27(21(31)16-11-32-12-24-16)17(10-26)19(29)25-15-5-2-6-23-18(15)28/h1,3-4,9,15-17,24H,2,5-8,10-12H2,(H,23,28)(H,25,29)/p+1/t15-,16-,17-/m0/s1. The van der Waals surface area contributed by atoms with Crippen molar-refractivity contribution < 1.29 is 28.9 Å². The summed E-state index contributed by atoms with van der Waals surface area (Å²) in [6.45, 7) is 1.00. The van der Waals surface area contributed by atoms with Gasteiger partial charge in [0.15, 0.2) is 6.04 Å². The summed E-state index contributed by atoms with van der Waals surface area (Å²) in [5, 5.41) is 7.44. The quantitative estimate of drug-likeness (QED) is 0.502. The smallest absolute Gasteiger partial charge is 0.282 e. The lowest BCUT2D eigenvalue weighted by molar-refractivity contribution is -0.649. The Morgan fingerprint density at radius 3 is 2.81 bits per heavy atom. The first-order valence-electron chi connectivity index (χ1n) is 10.8. The fourth-order valence-corrected chi connectivity index (χ4v) is 5.31. The van der Waals surface area contributed by atoms with E-state index in [1.54, 1.807) is 11.8 Å². The van der Waals surface area contributed by atoms with Crippen molar-refractivity contribution >= 4 is 35.4 Å². The number of piperidine rings is 1. The number of rotatable bonds is 4. The number of piperazine rings is 1. The summed E-state index contributed by atoms with van der Waals surface area (Å²) in [5.41, 5.74) is 0.191. The van der Waals surface area contributed by atoms with Crippen LogP contribution in [0, 0.1) is 5.82 Å². The number of nitrogens with two attached hydrogens (primary N) is 1. The van der Waals surface area contributed by atoms with Crippen molar-refractivity contribution in [3.8, 4) is 0 Å². The maximum absolute atomic E-state index is 13.6. The second-order valence-corrected chi connectivity index (χ2v) is 9.26. The predicted molar refractivity (Wildman–Crippen MR) is 115 cm³/mol. The monoisotopic (exact) mass is 464 g/mol. The molecule has 4 rings (SSSR count). The summed E-state index contributed by atoms with van der Waals surface area (Å²) in [4.78, 5) is 54.4. The predicted octanol–water partition coefficient (Wildman–Crippen LogP) is -1.49. The molecule has 0 spiro atoms. The molecular formula is C21H27FN5O4S+. The summed E-state index contributed by atoms with van der Waals surface area (Å²) in [6.07, 6.45) is 1.28. The van der Waals surface area contributed by atoms with Gasteiger partial charge in [0.25, 0.3) is 11.8 Å². The van der Waals surface area contributed by atoms with Crippen LogP contribution in [0.4, 0.5) is 4.39 Å². The molecule has 3 atom stereocenters. The molecular weight excluding hydrogens is 437 g/mol. The van der Waals surface area contributed by atoms with Crippen molar-refractivity contribution in [3.05, 3.63) is 35.6 Å². The maximum atomic E-state index is 13.6. The minimum absolute atomic E-state index is 0.0128. The van der Waals surface area contributed by atoms with Crippen molar-refractivity contribution in [1.29, 1.82) is 0 Å². The highest BCUT2D eigenvalue weighted by Gasteiger charge is 2.42. The van der Waals surface area contributed by atoms with Crippen LogP contribution >= 0.6 is 11.8 Å². The Labute approximate surface area is 189 Å². The van der Waals surface area contributed by atoms with Crippen molar-refractivity contribution in [2.75, 3.05) is 37.8 Å². The highest BCUT2D eigenvalue weighted by atomic mass is 32.2. The number of hydrogen-bond donors (Lipinski definition) is 3. The van der Waals surface area contributed by atoms with E-state index in [0.29, 0.717) is 18.7 Å². The molecule has 0 saturated carbocycles. The zero-order chi connectivity index (χ0) is 22.7. The molecule has 172 valence electrons. The van der Waals surface area contributed by atoms with Gasteiger partial charge in [-0.2, -0.15) is 0 Å². The molecule has 3 saturated heterocycles. The molecule has 11 heteroatoms. The number of halogens is 1. The second-order valence-electron chi connectivity index (χ2n) is 8.18. The van der Waals surface area contributed by atoms with Gasteiger partial charge < -0.3 is 25.8 Å². The van der Waals surface area contributed by atoms with Gasteiger partial charge in [0, 0.05) is 25.2 Å². The van der Waals surface area contributed by atoms with E-state index in [0.717, 1.165) is 18.4 Å². The summed E-state index contributed by atoms with van der Waals surface area (Å²) in [6, 6.07) is 3.56. The molecule has 0 aromatic heterocycles. The number of benzene rings is 1. The van der Waals surface area contributed by atoms with Gasteiger partial charge in [-0.1, -0.05) is 17.8 Å². The zero-order valence-electron chi connectivity index (χ0n) is 17.6. The average molecular weight is 465 g/mol. The van der Waals surface area contributed by atoms with Gasteiger partial charge in [-0.3, -0.25) is 19.2 Å². The van der Waals surface area contributed by atoms with E-state index in [-0.39, 0.29) is 43.1 Å². The number of carbonyl (C=O) groups excluding carboxylic acids is 4. The molecule has 3 heterocycles. The van der Waals surface area contributed by atoms with E-state index in [9.17, 15) is 23.6 Å². The van der Waals surface area contributed by atoms with E-state index in [1.165, 1.54) is 28.0 Å². The minimum atomic E-state index is -0.914. The first kappa shape index (κ1) is 22.5. The van der Waals surface area contributed by atoms with Gasteiger partial charge in [-0.05, 0) is 31.0 Å². The minimum Gasteiger partial charge on any atom is -0.354 e. The molecule has 0 radical (unpaired) electrons. The SMILES string of the molecule is O=C1NCCC[C@@H]1NC(=O)[C@@H]1CN(C(=O)c2cccc(F)c2)CCN1C(=O)[C@@H]1CSC[NH2+]1. The third kappa shape index (κ3) is 4.88. The molecule has 0 bridgehead atoms. The van der Waals surface area contributed by atoms with Crippen LogP contribution in [0.1, 0.15) is 23.2 Å². The van der Waals surface area contributed by atoms with Crippen molar-refractivity contribution in [2.45, 2.75) is 31.0 Å². The van der Waals surface area contributed by atoms with E-state index in [4.69, 9.17) is 0 Å². The fourth-order valence-electron chi connectivity index (χ4n) is 4.27. The van der Waals surface area contributed by atoms with Gasteiger partial charge in [0.2, 0.25) is 11.8 Å². The normalized spacial score (nSPS) is 25.9. The lowest BCUT2D eigenvalue weighted by atomic mass is 10.0. The second kappa shape index (κ2) is 9.86. The highest BCUT2D eigenvalue weighted by molar-refractivity contribution is 7.99. The Balaban J connectivity index is 1.52. The number of quaternary nitrogens is 1. The molecule has 0 aliphatic carbocycles. The summed E-state index contributed by atoms with van der Waals surface area (Å²) < 4.78 is 13.6. The summed E-state index contributed by atoms with van der Waals surface area (Å²) in [7, 11) is 0. The van der Waals surface area contributed by atoms with Crippen LogP contribution in [-0.4, -0.2) is 89.4 Å². The highest BCUT2D eigenvalue weighted by Crippen LogP contribution is 2.18. The van der Waals surface area contributed by atoms with E-state index in [2.05, 4.69) is 10.6 Å². The molecule has 32 heavy (non-hydrogen) atoms. The molecule has 3 fully saturated rings. The van der Waals surface area contributed by atoms with Crippen LogP contribution in [0.3, 0.4) is 0 Å². The molecule has 0 unspecified atom stereocenters. The van der Waals surface area contributed by atoms with Crippen molar-refractivity contribution in [3.63, 3.8) is 0 Å². The lowest BCUT2D eigenvalue weighted by Gasteiger charge is -2.41. The van der Waals surface area contributed by atoms with Crippen LogP contribution in [0.5, 0.6) is 0 Å². The molecule has 3 aliphatic heterocycles. The Hall–Kier alpha value is -2.66. The summed E-state index contributed by atoms with van der Waals surface area (Å²) >= 11 is 1.66. The summed E-state index contributed by atoms with van der Waals surface area (Å²) in [5.74, 6) is -0.298. The number of carbonyl (C=O) groups is 4. The molecule has 9 nitrogen and oxygen atoms in total. The number of hydrogen-bond acceptors (Lipinski definition) is 5. The Bertz CT molecular complexity index is 910. The lowest BCUT2D eigenvalue weighted by Crippen LogP contribution is -2.90. The fraction of sp³-hybridized carbons (Fsp3) is 0.524. The van der Waals surface area contributed by atoms with Crippen molar-refractivity contribution in [2.24, 2.45) is 0 Å². The zero-order valence-corrected chi connectivity index (χ0v) is 18.4. The number of amides is 4. The maximum Gasteiger partial charge on any atom is 0.282 e. The third-order valence-electron chi connectivity index (χ3n) is 6.04. The topological polar surface area (TPSA) is 115 Å². The molecule has 3 aliphatic rings. The van der Waals surface area contributed by atoms with Crippen LogP contribution in [0.15, 0.2) is 24.3 Å². The number of nitrogens with zero attached hydrogens (tertiary/aromatic N) is 2. The molecule has 1 aromatic carbocycles. The number of thioether (sulfide) groups is 1. The van der Waals surface area contributed by atoms with Crippen LogP contribution < -0.4 is 16.0 Å². The van der Waals surface area contributed by atoms with Crippen molar-refractivity contribution in [1.82, 2.24) is 20.4 Å². The van der Waals surface area contributed by atoms with Gasteiger partial charge in [0.1, 0.15) is 23.8 Å². The van der Waals surface area contributed by atoms with E-state index < -0.39 is 29.7 Å². The van der Waals surface area contributed by atoms with Gasteiger partial charge in [-0.25, -0.2) is 4.39 Å². The average Bonchev–Trinajstić information content (AvgIpc) is 3.34. The number of nitrogens with one attached hydrogen (secondary N) is 2. The Morgan fingerprint density at radius 1 is 1.25 bits per heavy atom. The molecule has 4 amide bonds. The van der Waals surface area contributed by atoms with Gasteiger partial charge in [-0.15, -0.1) is 0 Å². The van der Waals surface area contributed by atoms with E-state index >= 15 is 0 Å². The van der Waals surface area contributed by atoms with E-state index in [1.807, 2.05) is 5.32 Å². The first-order valence-corrected chi connectivity index (χ1v) is 11.9. The largest absolute Gasteiger partial charge is 0.354 e. The Kier molecular flexibility index (Phi) is 6.95. The molecule has 4 N–H and O–H groups in total. The van der Waals surface area contributed by atoms with Gasteiger partial charge >= 0.3 is 0 Å². The molecule has 1 aromatic rings. The van der Waals surface area contributed by atoms with Crippen LogP contribution in [0.2, 0.25) is 0 Å². The Morgan fingerprint density at radius 2 is 2.09 bits per heavy atom. The van der Waals surface area contributed by atoms with Crippen LogP contribution in [0.25, 0.3) is 0 Å². The van der Waals surface area contributed by atoms with Gasteiger partial charge in [0.05, 0.1) is 12.3 Å². The first-order chi connectivity index (χ1) is 15.4.